The van der Waals surface area contributed by atoms with Gasteiger partial charge in [-0.15, -0.1) is 0 Å². The number of aliphatic hydroxyl groups excluding tert-OH is 1. The monoisotopic (exact) mass is 258 g/mol. The summed E-state index contributed by atoms with van der Waals surface area (Å²) in [7, 11) is 0. The maximum atomic E-state index is 12.1. The molecule has 0 atom stereocenters. The Labute approximate surface area is 108 Å². The summed E-state index contributed by atoms with van der Waals surface area (Å²) in [4.78, 5) is 0. The lowest BCUT2D eigenvalue weighted by Gasteiger charge is -2.19. The van der Waals surface area contributed by atoms with Gasteiger partial charge in [-0.2, -0.15) is 0 Å². The molecule has 17 heavy (non-hydrogen) atoms. The van der Waals surface area contributed by atoms with Gasteiger partial charge in [0.2, 0.25) is 0 Å². The minimum absolute atomic E-state index is 0.294. The number of rotatable bonds is 2. The number of hydrogen-bond donors (Lipinski definition) is 1. The van der Waals surface area contributed by atoms with E-state index in [0.717, 1.165) is 12.3 Å². The second-order valence-corrected chi connectivity index (χ2v) is 4.89. The summed E-state index contributed by atoms with van der Waals surface area (Å²) in [5.74, 6) is 0.557. The molecular formula is C14H20ClFO. The van der Waals surface area contributed by atoms with Crippen molar-refractivity contribution in [3.63, 3.8) is 0 Å². The van der Waals surface area contributed by atoms with Crippen molar-refractivity contribution in [3.05, 3.63) is 35.1 Å². The van der Waals surface area contributed by atoms with E-state index in [0.29, 0.717) is 11.6 Å². The first kappa shape index (κ1) is 14.5. The van der Waals surface area contributed by atoms with E-state index in [-0.39, 0.29) is 5.82 Å². The lowest BCUT2D eigenvalue weighted by molar-refractivity contribution is 0.230. The van der Waals surface area contributed by atoms with Crippen LogP contribution in [0.3, 0.4) is 0 Å². The summed E-state index contributed by atoms with van der Waals surface area (Å²) in [6.45, 7) is 0.394. The minimum Gasteiger partial charge on any atom is -0.396 e. The van der Waals surface area contributed by atoms with Crippen molar-refractivity contribution < 1.29 is 9.50 Å². The third-order valence-corrected chi connectivity index (χ3v) is 3.28. The van der Waals surface area contributed by atoms with Gasteiger partial charge in [-0.3, -0.25) is 0 Å². The molecule has 1 aliphatic rings. The van der Waals surface area contributed by atoms with E-state index in [4.69, 9.17) is 16.7 Å². The van der Waals surface area contributed by atoms with Crippen molar-refractivity contribution in [2.24, 2.45) is 5.92 Å². The van der Waals surface area contributed by atoms with Crippen LogP contribution in [0.4, 0.5) is 4.39 Å². The molecule has 0 radical (unpaired) electrons. The smallest absolute Gasteiger partial charge is 0.124 e. The summed E-state index contributed by atoms with van der Waals surface area (Å²) in [6, 6.07) is 5.82. The van der Waals surface area contributed by atoms with Crippen LogP contribution in [0.15, 0.2) is 24.3 Å². The van der Waals surface area contributed by atoms with Gasteiger partial charge >= 0.3 is 0 Å². The molecule has 0 heterocycles. The lowest BCUT2D eigenvalue weighted by Crippen LogP contribution is -2.07. The minimum atomic E-state index is -0.294. The largest absolute Gasteiger partial charge is 0.396 e. The van der Waals surface area contributed by atoms with E-state index in [2.05, 4.69) is 0 Å². The Morgan fingerprint density at radius 3 is 2.41 bits per heavy atom. The highest BCUT2D eigenvalue weighted by Gasteiger charge is 2.11. The van der Waals surface area contributed by atoms with E-state index in [9.17, 15) is 4.39 Å². The fourth-order valence-electron chi connectivity index (χ4n) is 2.12. The second-order valence-electron chi connectivity index (χ2n) is 4.46. The molecule has 0 aromatic heterocycles. The topological polar surface area (TPSA) is 20.2 Å². The Hall–Kier alpha value is -0.600. The zero-order chi connectivity index (χ0) is 12.5. The molecule has 0 saturated heterocycles. The molecule has 0 spiro atoms. The molecule has 3 heteroatoms. The molecule has 1 fully saturated rings. The molecule has 0 aliphatic heterocycles. The Kier molecular flexibility index (Phi) is 7.22. The van der Waals surface area contributed by atoms with Gasteiger partial charge in [0.1, 0.15) is 5.82 Å². The molecule has 0 unspecified atom stereocenters. The van der Waals surface area contributed by atoms with Crippen LogP contribution in [-0.4, -0.2) is 11.7 Å². The molecule has 96 valence electrons. The standard InChI is InChI=1S/C8H16O.C6H4ClF/c9-7-6-8-4-2-1-3-5-8;7-5-2-1-3-6(8)4-5/h8-9H,1-7H2;1-4H. The first-order chi connectivity index (χ1) is 8.22. The molecule has 0 bridgehead atoms. The van der Waals surface area contributed by atoms with E-state index in [1.54, 1.807) is 12.1 Å². The van der Waals surface area contributed by atoms with Crippen molar-refractivity contribution in [1.29, 1.82) is 0 Å². The zero-order valence-electron chi connectivity index (χ0n) is 10.0. The Morgan fingerprint density at radius 2 is 1.94 bits per heavy atom. The van der Waals surface area contributed by atoms with Gasteiger partial charge in [0, 0.05) is 11.6 Å². The van der Waals surface area contributed by atoms with Crippen LogP contribution in [0.2, 0.25) is 5.02 Å². The van der Waals surface area contributed by atoms with Gasteiger partial charge in [-0.1, -0.05) is 49.8 Å². The fraction of sp³-hybridized carbons (Fsp3) is 0.571. The van der Waals surface area contributed by atoms with Gasteiger partial charge in [0.05, 0.1) is 0 Å². The SMILES string of the molecule is Fc1cccc(Cl)c1.OCCC1CCCCC1. The van der Waals surface area contributed by atoms with Crippen LogP contribution in [0.5, 0.6) is 0 Å². The van der Waals surface area contributed by atoms with E-state index in [1.807, 2.05) is 0 Å². The Bertz CT molecular complexity index is 291. The first-order valence-corrected chi connectivity index (χ1v) is 6.62. The predicted octanol–water partition coefficient (Wildman–Crippen LogP) is 4.43. The quantitative estimate of drug-likeness (QED) is 0.832. The van der Waals surface area contributed by atoms with Crippen LogP contribution >= 0.6 is 11.6 Å². The predicted molar refractivity (Wildman–Crippen MR) is 69.7 cm³/mol. The fourth-order valence-corrected chi connectivity index (χ4v) is 2.30. The van der Waals surface area contributed by atoms with Crippen LogP contribution < -0.4 is 0 Å². The summed E-state index contributed by atoms with van der Waals surface area (Å²) in [5.41, 5.74) is 0. The van der Waals surface area contributed by atoms with E-state index < -0.39 is 0 Å². The van der Waals surface area contributed by atoms with E-state index >= 15 is 0 Å². The van der Waals surface area contributed by atoms with Crippen LogP contribution in [-0.2, 0) is 0 Å². The van der Waals surface area contributed by atoms with Crippen LogP contribution in [0, 0.1) is 11.7 Å². The van der Waals surface area contributed by atoms with Crippen LogP contribution in [0.1, 0.15) is 38.5 Å². The molecule has 1 aromatic carbocycles. The third-order valence-electron chi connectivity index (χ3n) is 3.05. The average molecular weight is 259 g/mol. The molecule has 2 rings (SSSR count). The highest BCUT2D eigenvalue weighted by Crippen LogP contribution is 2.25. The molecule has 1 aromatic rings. The van der Waals surface area contributed by atoms with Gasteiger partial charge in [0.25, 0.3) is 0 Å². The summed E-state index contributed by atoms with van der Waals surface area (Å²) in [6.07, 6.45) is 7.97. The molecule has 1 saturated carbocycles. The van der Waals surface area contributed by atoms with Crippen molar-refractivity contribution >= 4 is 11.6 Å². The maximum absolute atomic E-state index is 12.1. The summed E-state index contributed by atoms with van der Waals surface area (Å²) in [5, 5.41) is 9.05. The third kappa shape index (κ3) is 6.64. The number of aliphatic hydroxyl groups is 1. The van der Waals surface area contributed by atoms with Crippen molar-refractivity contribution in [1.82, 2.24) is 0 Å². The maximum Gasteiger partial charge on any atom is 0.124 e. The second kappa shape index (κ2) is 8.48. The van der Waals surface area contributed by atoms with Crippen molar-refractivity contribution in [3.8, 4) is 0 Å². The van der Waals surface area contributed by atoms with Gasteiger partial charge in [0.15, 0.2) is 0 Å². The average Bonchev–Trinajstić information content (AvgIpc) is 2.31. The molecule has 1 N–H and O–H groups in total. The molecule has 1 nitrogen and oxygen atoms in total. The lowest BCUT2D eigenvalue weighted by atomic mass is 9.87. The Balaban J connectivity index is 0.000000171. The highest BCUT2D eigenvalue weighted by molar-refractivity contribution is 6.30. The molecule has 1 aliphatic carbocycles. The Morgan fingerprint density at radius 1 is 1.24 bits per heavy atom. The summed E-state index contributed by atoms with van der Waals surface area (Å²) >= 11 is 5.40. The van der Waals surface area contributed by atoms with Crippen molar-refractivity contribution in [2.75, 3.05) is 6.61 Å². The first-order valence-electron chi connectivity index (χ1n) is 6.24. The zero-order valence-corrected chi connectivity index (χ0v) is 10.8. The number of halogens is 2. The molecular weight excluding hydrogens is 239 g/mol. The highest BCUT2D eigenvalue weighted by atomic mass is 35.5. The van der Waals surface area contributed by atoms with Crippen molar-refractivity contribution in [2.45, 2.75) is 38.5 Å². The summed E-state index contributed by atoms with van der Waals surface area (Å²) < 4.78 is 12.1. The van der Waals surface area contributed by atoms with E-state index in [1.165, 1.54) is 44.2 Å². The number of benzene rings is 1. The van der Waals surface area contributed by atoms with Gasteiger partial charge in [-0.25, -0.2) is 4.39 Å². The van der Waals surface area contributed by atoms with Gasteiger partial charge in [-0.05, 0) is 30.5 Å². The molecule has 0 amide bonds. The van der Waals surface area contributed by atoms with Crippen LogP contribution in [0.25, 0.3) is 0 Å². The number of hydrogen-bond acceptors (Lipinski definition) is 1. The van der Waals surface area contributed by atoms with Gasteiger partial charge < -0.3 is 5.11 Å². The normalized spacial score (nSPS) is 16.2.